The molecule has 2 amide bonds. The first-order valence-corrected chi connectivity index (χ1v) is 10.7. The maximum absolute atomic E-state index is 12.6. The molecule has 26 heavy (non-hydrogen) atoms. The molecule has 0 unspecified atom stereocenters. The zero-order chi connectivity index (χ0) is 18.9. The van der Waals surface area contributed by atoms with Crippen LogP contribution >= 0.6 is 34.2 Å². The van der Waals surface area contributed by atoms with Crippen molar-refractivity contribution in [3.05, 3.63) is 50.6 Å². The Morgan fingerprint density at radius 1 is 1.23 bits per heavy atom. The largest absolute Gasteiger partial charge is 0.376 e. The quantitative estimate of drug-likeness (QED) is 0.503. The summed E-state index contributed by atoms with van der Waals surface area (Å²) in [7, 11) is -4.04. The molecule has 0 aliphatic carbocycles. The summed E-state index contributed by atoms with van der Waals surface area (Å²) >= 11 is 8.11. The van der Waals surface area contributed by atoms with Gasteiger partial charge in [0.2, 0.25) is 0 Å². The highest BCUT2D eigenvalue weighted by Crippen LogP contribution is 2.34. The minimum Gasteiger partial charge on any atom is -0.376 e. The number of benzene rings is 2. The van der Waals surface area contributed by atoms with Crippen molar-refractivity contribution in [3.63, 3.8) is 0 Å². The molecule has 1 saturated heterocycles. The number of rotatable bonds is 4. The molecule has 138 valence electrons. The van der Waals surface area contributed by atoms with Crippen molar-refractivity contribution in [1.82, 2.24) is 5.32 Å². The van der Waals surface area contributed by atoms with Gasteiger partial charge in [-0.1, -0.05) is 11.6 Å². The van der Waals surface area contributed by atoms with Crippen LogP contribution in [0.2, 0.25) is 5.02 Å². The van der Waals surface area contributed by atoms with Gasteiger partial charge in [-0.05, 0) is 77.9 Å². The Labute approximate surface area is 170 Å². The van der Waals surface area contributed by atoms with Crippen molar-refractivity contribution in [3.8, 4) is 5.75 Å². The highest BCUT2D eigenvalue weighted by molar-refractivity contribution is 14.1. The van der Waals surface area contributed by atoms with E-state index in [9.17, 15) is 13.2 Å². The highest BCUT2D eigenvalue weighted by Gasteiger charge is 2.23. The van der Waals surface area contributed by atoms with Crippen LogP contribution in [0.4, 0.5) is 10.5 Å². The van der Waals surface area contributed by atoms with Gasteiger partial charge in [-0.15, -0.1) is 0 Å². The number of carbonyl (C=O) groups is 1. The second-order valence-electron chi connectivity index (χ2n) is 5.83. The third-order valence-electron chi connectivity index (χ3n) is 3.85. The molecule has 0 atom stereocenters. The van der Waals surface area contributed by atoms with E-state index in [-0.39, 0.29) is 21.7 Å². The van der Waals surface area contributed by atoms with E-state index >= 15 is 0 Å². The highest BCUT2D eigenvalue weighted by atomic mass is 127. The van der Waals surface area contributed by atoms with Crippen LogP contribution in [0.15, 0.2) is 41.3 Å². The molecule has 2 aromatic rings. The smallest absolute Gasteiger partial charge is 0.339 e. The number of hydrogen-bond donors (Lipinski definition) is 1. The molecule has 9 heteroatoms. The average molecular weight is 507 g/mol. The first kappa shape index (κ1) is 19.2. The van der Waals surface area contributed by atoms with Crippen LogP contribution in [0, 0.1) is 10.5 Å². The van der Waals surface area contributed by atoms with Gasteiger partial charge < -0.3 is 9.50 Å². The van der Waals surface area contributed by atoms with Gasteiger partial charge in [-0.25, -0.2) is 4.79 Å². The number of amides is 2. The summed E-state index contributed by atoms with van der Waals surface area (Å²) in [5.41, 5.74) is 1.54. The second kappa shape index (κ2) is 7.61. The van der Waals surface area contributed by atoms with Gasteiger partial charge in [0.15, 0.2) is 5.75 Å². The summed E-state index contributed by atoms with van der Waals surface area (Å²) in [5, 5.41) is 2.99. The fraction of sp³-hybridized carbons (Fsp3) is 0.235. The average Bonchev–Trinajstić information content (AvgIpc) is 2.59. The Kier molecular flexibility index (Phi) is 5.64. The molecule has 1 fully saturated rings. The molecule has 1 aliphatic rings. The SMILES string of the molecule is Cc1cc(Cl)c(OS(=O)(=O)c2ccc(N3CCCNC3=O)cc2)c(I)c1. The first-order valence-electron chi connectivity index (χ1n) is 7.83. The van der Waals surface area contributed by atoms with E-state index < -0.39 is 10.1 Å². The molecule has 0 aromatic heterocycles. The molecule has 1 aliphatic heterocycles. The lowest BCUT2D eigenvalue weighted by Crippen LogP contribution is -2.46. The third kappa shape index (κ3) is 4.07. The van der Waals surface area contributed by atoms with Crippen molar-refractivity contribution in [2.24, 2.45) is 0 Å². The number of hydrogen-bond acceptors (Lipinski definition) is 4. The molecule has 6 nitrogen and oxygen atoms in total. The lowest BCUT2D eigenvalue weighted by Gasteiger charge is -2.27. The van der Waals surface area contributed by atoms with Gasteiger partial charge in [0.1, 0.15) is 4.90 Å². The third-order valence-corrected chi connectivity index (χ3v) is 6.17. The first-order chi connectivity index (χ1) is 12.3. The standard InChI is InChI=1S/C17H16ClIN2O4S/c1-11-9-14(18)16(15(19)10-11)25-26(23,24)13-5-3-12(4-6-13)21-8-2-7-20-17(21)22/h3-6,9-10H,2,7-8H2,1H3,(H,20,22). The molecular formula is C17H16ClIN2O4S. The van der Waals surface area contributed by atoms with Crippen molar-refractivity contribution >= 4 is 56.0 Å². The zero-order valence-corrected chi connectivity index (χ0v) is 17.6. The van der Waals surface area contributed by atoms with E-state index in [2.05, 4.69) is 5.32 Å². The van der Waals surface area contributed by atoms with E-state index in [1.807, 2.05) is 29.5 Å². The second-order valence-corrected chi connectivity index (χ2v) is 8.94. The van der Waals surface area contributed by atoms with Crippen LogP contribution in [0.5, 0.6) is 5.75 Å². The lowest BCUT2D eigenvalue weighted by molar-refractivity contribution is 0.243. The normalized spacial score (nSPS) is 14.9. The van der Waals surface area contributed by atoms with E-state index in [0.717, 1.165) is 12.0 Å². The molecule has 0 bridgehead atoms. The Morgan fingerprint density at radius 3 is 2.54 bits per heavy atom. The number of carbonyl (C=O) groups excluding carboxylic acids is 1. The van der Waals surface area contributed by atoms with Crippen molar-refractivity contribution in [1.29, 1.82) is 0 Å². The summed E-state index contributed by atoms with van der Waals surface area (Å²) in [6.45, 7) is 3.10. The van der Waals surface area contributed by atoms with Crippen LogP contribution in [0.3, 0.4) is 0 Å². The van der Waals surface area contributed by atoms with Gasteiger partial charge in [-0.3, -0.25) is 4.90 Å². The van der Waals surface area contributed by atoms with Gasteiger partial charge >= 0.3 is 16.1 Å². The number of anilines is 1. The fourth-order valence-corrected chi connectivity index (χ4v) is 5.12. The van der Waals surface area contributed by atoms with Gasteiger partial charge in [0.05, 0.1) is 8.59 Å². The molecule has 1 heterocycles. The molecule has 2 aromatic carbocycles. The van der Waals surface area contributed by atoms with Crippen molar-refractivity contribution < 1.29 is 17.4 Å². The molecule has 1 N–H and O–H groups in total. The molecule has 0 spiro atoms. The Hall–Kier alpha value is -1.52. The monoisotopic (exact) mass is 506 g/mol. The Balaban J connectivity index is 1.85. The van der Waals surface area contributed by atoms with Crippen molar-refractivity contribution in [2.45, 2.75) is 18.2 Å². The summed E-state index contributed by atoms with van der Waals surface area (Å²) in [4.78, 5) is 13.4. The van der Waals surface area contributed by atoms with Gasteiger partial charge in [-0.2, -0.15) is 8.42 Å². The topological polar surface area (TPSA) is 75.7 Å². The van der Waals surface area contributed by atoms with Crippen LogP contribution in [0.25, 0.3) is 0 Å². The number of urea groups is 1. The number of aryl methyl sites for hydroxylation is 1. The molecule has 0 saturated carbocycles. The van der Waals surface area contributed by atoms with E-state index in [4.69, 9.17) is 15.8 Å². The molecule has 0 radical (unpaired) electrons. The van der Waals surface area contributed by atoms with Gasteiger partial charge in [0, 0.05) is 18.8 Å². The van der Waals surface area contributed by atoms with Crippen LogP contribution in [0.1, 0.15) is 12.0 Å². The van der Waals surface area contributed by atoms with Crippen LogP contribution in [-0.2, 0) is 10.1 Å². The minimum atomic E-state index is -4.04. The van der Waals surface area contributed by atoms with Crippen LogP contribution < -0.4 is 14.4 Å². The minimum absolute atomic E-state index is 0.00823. The summed E-state index contributed by atoms with van der Waals surface area (Å²) in [5.74, 6) is 0.109. The molecular weight excluding hydrogens is 491 g/mol. The van der Waals surface area contributed by atoms with Crippen molar-refractivity contribution in [2.75, 3.05) is 18.0 Å². The van der Waals surface area contributed by atoms with E-state index in [1.54, 1.807) is 29.2 Å². The number of halogens is 2. The molecule has 3 rings (SSSR count). The number of nitrogens with one attached hydrogen (secondary N) is 1. The van der Waals surface area contributed by atoms with Crippen LogP contribution in [-0.4, -0.2) is 27.5 Å². The van der Waals surface area contributed by atoms with Gasteiger partial charge in [0.25, 0.3) is 0 Å². The maximum atomic E-state index is 12.6. The maximum Gasteiger partial charge on any atom is 0.339 e. The fourth-order valence-electron chi connectivity index (χ4n) is 2.59. The lowest BCUT2D eigenvalue weighted by atomic mass is 10.2. The predicted octanol–water partition coefficient (Wildman–Crippen LogP) is 3.94. The van der Waals surface area contributed by atoms with E-state index in [0.29, 0.717) is 22.3 Å². The predicted molar refractivity (Wildman–Crippen MR) is 109 cm³/mol. The Bertz CT molecular complexity index is 925. The summed E-state index contributed by atoms with van der Waals surface area (Å²) < 4.78 is 31.0. The van der Waals surface area contributed by atoms with E-state index in [1.165, 1.54) is 12.1 Å². The zero-order valence-electron chi connectivity index (χ0n) is 13.8. The summed E-state index contributed by atoms with van der Waals surface area (Å²) in [6, 6.07) is 9.25. The Morgan fingerprint density at radius 2 is 1.92 bits per heavy atom. The number of nitrogens with zero attached hydrogens (tertiary/aromatic N) is 1. The summed E-state index contributed by atoms with van der Waals surface area (Å²) in [6.07, 6.45) is 0.833.